The van der Waals surface area contributed by atoms with Gasteiger partial charge in [0.25, 0.3) is 0 Å². The molecule has 0 spiro atoms. The Hall–Kier alpha value is -1.13. The summed E-state index contributed by atoms with van der Waals surface area (Å²) in [5.74, 6) is 2.46. The minimum atomic E-state index is 0. The molecule has 20 heavy (non-hydrogen) atoms. The van der Waals surface area contributed by atoms with Crippen LogP contribution in [0, 0.1) is 0 Å². The van der Waals surface area contributed by atoms with Gasteiger partial charge in [-0.25, -0.2) is 0 Å². The molecule has 2 aliphatic rings. The number of rotatable bonds is 5. The maximum absolute atomic E-state index is 5.76. The molecule has 1 saturated heterocycles. The van der Waals surface area contributed by atoms with Gasteiger partial charge in [-0.05, 0) is 44.5 Å². The number of halogens is 1. The van der Waals surface area contributed by atoms with Crippen LogP contribution in [-0.2, 0) is 0 Å². The van der Waals surface area contributed by atoms with Crippen molar-refractivity contribution in [1.29, 1.82) is 0 Å². The van der Waals surface area contributed by atoms with Crippen molar-refractivity contribution in [3.63, 3.8) is 0 Å². The molecule has 1 aromatic carbocycles. The summed E-state index contributed by atoms with van der Waals surface area (Å²) in [5, 5.41) is 0. The Kier molecular flexibility index (Phi) is 5.80. The van der Waals surface area contributed by atoms with E-state index < -0.39 is 0 Å². The predicted octanol–water partition coefficient (Wildman–Crippen LogP) is 3.09. The normalized spacial score (nSPS) is 17.6. The van der Waals surface area contributed by atoms with Crippen molar-refractivity contribution in [2.45, 2.75) is 25.7 Å². The molecular weight excluding hydrogens is 278 g/mol. The first-order valence-electron chi connectivity index (χ1n) is 7.17. The van der Waals surface area contributed by atoms with E-state index in [0.29, 0.717) is 6.79 Å². The average molecular weight is 300 g/mol. The third-order valence-corrected chi connectivity index (χ3v) is 3.68. The lowest BCUT2D eigenvalue weighted by atomic mass is 10.1. The van der Waals surface area contributed by atoms with Gasteiger partial charge in [-0.1, -0.05) is 6.42 Å². The molecule has 0 aliphatic carbocycles. The van der Waals surface area contributed by atoms with Crippen molar-refractivity contribution in [2.75, 3.05) is 33.0 Å². The molecule has 0 unspecified atom stereocenters. The van der Waals surface area contributed by atoms with Gasteiger partial charge in [-0.15, -0.1) is 12.4 Å². The molecule has 0 amide bonds. The molecule has 0 N–H and O–H groups in total. The summed E-state index contributed by atoms with van der Waals surface area (Å²) in [4.78, 5) is 2.53. The Balaban J connectivity index is 0.00000147. The summed E-state index contributed by atoms with van der Waals surface area (Å²) in [5.41, 5.74) is 0. The van der Waals surface area contributed by atoms with Gasteiger partial charge in [-0.3, -0.25) is 0 Å². The van der Waals surface area contributed by atoms with Gasteiger partial charge in [-0.2, -0.15) is 0 Å². The lowest BCUT2D eigenvalue weighted by Crippen LogP contribution is -2.31. The first kappa shape index (κ1) is 15.3. The Morgan fingerprint density at radius 3 is 2.70 bits per heavy atom. The topological polar surface area (TPSA) is 30.9 Å². The summed E-state index contributed by atoms with van der Waals surface area (Å²) in [6.45, 7) is 4.72. The number of ether oxygens (including phenoxy) is 3. The minimum Gasteiger partial charge on any atom is -0.493 e. The van der Waals surface area contributed by atoms with Gasteiger partial charge in [0, 0.05) is 12.6 Å². The van der Waals surface area contributed by atoms with E-state index in [1.807, 2.05) is 18.2 Å². The van der Waals surface area contributed by atoms with Crippen molar-refractivity contribution >= 4 is 12.4 Å². The Morgan fingerprint density at radius 1 is 1.05 bits per heavy atom. The van der Waals surface area contributed by atoms with Gasteiger partial charge < -0.3 is 19.1 Å². The van der Waals surface area contributed by atoms with Crippen LogP contribution in [0.1, 0.15) is 25.7 Å². The van der Waals surface area contributed by atoms with Crippen LogP contribution in [0.5, 0.6) is 17.2 Å². The molecule has 0 saturated carbocycles. The zero-order chi connectivity index (χ0) is 12.9. The van der Waals surface area contributed by atoms with Crippen LogP contribution >= 0.6 is 12.4 Å². The molecule has 1 aromatic rings. The molecular formula is C15H22ClNO3. The van der Waals surface area contributed by atoms with Gasteiger partial charge >= 0.3 is 0 Å². The summed E-state index contributed by atoms with van der Waals surface area (Å²) < 4.78 is 16.4. The lowest BCUT2D eigenvalue weighted by Gasteiger charge is -2.26. The number of likely N-dealkylation sites (tertiary alicyclic amines) is 1. The van der Waals surface area contributed by atoms with Gasteiger partial charge in [0.2, 0.25) is 6.79 Å². The molecule has 3 rings (SSSR count). The first-order valence-corrected chi connectivity index (χ1v) is 7.17. The summed E-state index contributed by atoms with van der Waals surface area (Å²) in [6, 6.07) is 5.75. The highest BCUT2D eigenvalue weighted by molar-refractivity contribution is 5.85. The Bertz CT molecular complexity index is 422. The third-order valence-electron chi connectivity index (χ3n) is 3.68. The summed E-state index contributed by atoms with van der Waals surface area (Å²) >= 11 is 0. The molecule has 4 nitrogen and oxygen atoms in total. The van der Waals surface area contributed by atoms with Gasteiger partial charge in [0.1, 0.15) is 5.75 Å². The molecule has 0 aromatic heterocycles. The minimum absolute atomic E-state index is 0. The average Bonchev–Trinajstić information content (AvgIpc) is 2.92. The van der Waals surface area contributed by atoms with Crippen molar-refractivity contribution in [1.82, 2.24) is 4.90 Å². The van der Waals surface area contributed by atoms with Crippen LogP contribution in [0.4, 0.5) is 0 Å². The van der Waals surface area contributed by atoms with Crippen LogP contribution in [-0.4, -0.2) is 37.9 Å². The molecule has 112 valence electrons. The van der Waals surface area contributed by atoms with E-state index in [9.17, 15) is 0 Å². The van der Waals surface area contributed by atoms with Crippen molar-refractivity contribution < 1.29 is 14.2 Å². The molecule has 2 aliphatic heterocycles. The zero-order valence-corrected chi connectivity index (χ0v) is 12.5. The summed E-state index contributed by atoms with van der Waals surface area (Å²) in [7, 11) is 0. The van der Waals surface area contributed by atoms with E-state index in [1.54, 1.807) is 0 Å². The highest BCUT2D eigenvalue weighted by Crippen LogP contribution is 2.35. The largest absolute Gasteiger partial charge is 0.493 e. The molecule has 0 bridgehead atoms. The summed E-state index contributed by atoms with van der Waals surface area (Å²) in [6.07, 6.45) is 5.17. The molecule has 1 fully saturated rings. The van der Waals surface area contributed by atoms with E-state index in [0.717, 1.165) is 36.8 Å². The monoisotopic (exact) mass is 299 g/mol. The standard InChI is InChI=1S/C15H21NO3.ClH/c1-2-7-16(8-3-1)9-4-10-17-13-5-6-14-15(11-13)19-12-18-14;/h5-6,11H,1-4,7-10,12H2;1H. The number of nitrogens with zero attached hydrogens (tertiary/aromatic N) is 1. The predicted molar refractivity (Wildman–Crippen MR) is 80.2 cm³/mol. The number of fused-ring (bicyclic) bond motifs is 1. The van der Waals surface area contributed by atoms with Gasteiger partial charge in [0.15, 0.2) is 11.5 Å². The van der Waals surface area contributed by atoms with E-state index >= 15 is 0 Å². The third kappa shape index (κ3) is 3.93. The highest BCUT2D eigenvalue weighted by Gasteiger charge is 2.14. The van der Waals surface area contributed by atoms with Crippen molar-refractivity contribution in [2.24, 2.45) is 0 Å². The fourth-order valence-corrected chi connectivity index (χ4v) is 2.63. The van der Waals surface area contributed by atoms with E-state index in [2.05, 4.69) is 4.90 Å². The fourth-order valence-electron chi connectivity index (χ4n) is 2.63. The number of benzene rings is 1. The maximum atomic E-state index is 5.76. The van der Waals surface area contributed by atoms with E-state index in [1.165, 1.54) is 32.4 Å². The quantitative estimate of drug-likeness (QED) is 0.782. The highest BCUT2D eigenvalue weighted by atomic mass is 35.5. The zero-order valence-electron chi connectivity index (χ0n) is 11.7. The fraction of sp³-hybridized carbons (Fsp3) is 0.600. The number of piperidine rings is 1. The van der Waals surface area contributed by atoms with Crippen molar-refractivity contribution in [3.8, 4) is 17.2 Å². The maximum Gasteiger partial charge on any atom is 0.231 e. The van der Waals surface area contributed by atoms with Crippen LogP contribution in [0.2, 0.25) is 0 Å². The molecule has 5 heteroatoms. The van der Waals surface area contributed by atoms with Crippen molar-refractivity contribution in [3.05, 3.63) is 18.2 Å². The van der Waals surface area contributed by atoms with E-state index in [-0.39, 0.29) is 12.4 Å². The first-order chi connectivity index (χ1) is 9.42. The van der Waals surface area contributed by atoms with Gasteiger partial charge in [0.05, 0.1) is 6.61 Å². The van der Waals surface area contributed by atoms with Crippen LogP contribution in [0.3, 0.4) is 0 Å². The van der Waals surface area contributed by atoms with Crippen LogP contribution in [0.15, 0.2) is 18.2 Å². The van der Waals surface area contributed by atoms with Crippen LogP contribution in [0.25, 0.3) is 0 Å². The molecule has 2 heterocycles. The number of hydrogen-bond donors (Lipinski definition) is 0. The second kappa shape index (κ2) is 7.60. The SMILES string of the molecule is Cl.c1cc2c(cc1OCCCN1CCCCC1)OCO2. The second-order valence-electron chi connectivity index (χ2n) is 5.12. The Morgan fingerprint density at radius 2 is 1.85 bits per heavy atom. The molecule has 0 radical (unpaired) electrons. The molecule has 0 atom stereocenters. The Labute approximate surface area is 126 Å². The smallest absolute Gasteiger partial charge is 0.231 e. The second-order valence-corrected chi connectivity index (χ2v) is 5.12. The van der Waals surface area contributed by atoms with E-state index in [4.69, 9.17) is 14.2 Å². The van der Waals surface area contributed by atoms with Crippen LogP contribution < -0.4 is 14.2 Å². The number of hydrogen-bond acceptors (Lipinski definition) is 4. The lowest BCUT2D eigenvalue weighted by molar-refractivity contribution is 0.173.